The van der Waals surface area contributed by atoms with Gasteiger partial charge in [-0.3, -0.25) is 14.9 Å². The standard InChI is InChI=1S/C17H11N5O5S/c23-14(8-28-17-19-12-3-1-2-4-13(12)27-17)20-21-15-10-7-9(22(25)26)5-6-11(10)18-16(15)24/h1-7,18,24H,8H2. The van der Waals surface area contributed by atoms with Crippen LogP contribution in [0.5, 0.6) is 5.88 Å². The number of nitro benzene ring substituents is 1. The first-order valence-electron chi connectivity index (χ1n) is 7.93. The number of aromatic amines is 1. The number of azo groups is 1. The van der Waals surface area contributed by atoms with E-state index in [4.69, 9.17) is 4.42 Å². The molecule has 0 radical (unpaired) electrons. The molecule has 1 amide bonds. The minimum absolute atomic E-state index is 0.0427. The molecule has 0 atom stereocenters. The highest BCUT2D eigenvalue weighted by atomic mass is 32.2. The molecule has 11 heteroatoms. The van der Waals surface area contributed by atoms with Crippen LogP contribution in [-0.4, -0.2) is 31.7 Å². The zero-order chi connectivity index (χ0) is 19.7. The summed E-state index contributed by atoms with van der Waals surface area (Å²) >= 11 is 1.06. The number of nitrogens with one attached hydrogen (secondary N) is 1. The van der Waals surface area contributed by atoms with Crippen LogP contribution < -0.4 is 0 Å². The summed E-state index contributed by atoms with van der Waals surface area (Å²) in [7, 11) is 0. The number of non-ortho nitro benzene ring substituents is 1. The van der Waals surface area contributed by atoms with Gasteiger partial charge in [0.2, 0.25) is 5.88 Å². The highest BCUT2D eigenvalue weighted by molar-refractivity contribution is 7.99. The first-order chi connectivity index (χ1) is 13.5. The lowest BCUT2D eigenvalue weighted by Crippen LogP contribution is -1.95. The van der Waals surface area contributed by atoms with Gasteiger partial charge < -0.3 is 14.5 Å². The number of rotatable bonds is 5. The van der Waals surface area contributed by atoms with Crippen LogP contribution in [0.25, 0.3) is 22.0 Å². The van der Waals surface area contributed by atoms with Gasteiger partial charge in [0.1, 0.15) is 5.52 Å². The van der Waals surface area contributed by atoms with Crippen molar-refractivity contribution in [3.8, 4) is 5.88 Å². The summed E-state index contributed by atoms with van der Waals surface area (Å²) in [6.07, 6.45) is 0. The average molecular weight is 397 g/mol. The number of aromatic hydroxyl groups is 1. The number of hydrogen-bond donors (Lipinski definition) is 2. The van der Waals surface area contributed by atoms with Crippen LogP contribution >= 0.6 is 11.8 Å². The van der Waals surface area contributed by atoms with Crippen LogP contribution in [0.3, 0.4) is 0 Å². The molecule has 0 spiro atoms. The zero-order valence-electron chi connectivity index (χ0n) is 14.0. The first-order valence-corrected chi connectivity index (χ1v) is 8.92. The topological polar surface area (TPSA) is 147 Å². The molecule has 0 bridgehead atoms. The Morgan fingerprint density at radius 3 is 2.93 bits per heavy atom. The second-order valence-corrected chi connectivity index (χ2v) is 6.57. The highest BCUT2D eigenvalue weighted by Gasteiger charge is 2.15. The third-order valence-corrected chi connectivity index (χ3v) is 4.61. The van der Waals surface area contributed by atoms with Gasteiger partial charge in [0.15, 0.2) is 11.3 Å². The predicted octanol–water partition coefficient (Wildman–Crippen LogP) is 4.33. The van der Waals surface area contributed by atoms with Crippen molar-refractivity contribution in [2.24, 2.45) is 10.2 Å². The minimum atomic E-state index is -0.577. The maximum Gasteiger partial charge on any atom is 0.275 e. The molecule has 0 aliphatic carbocycles. The number of amides is 1. The number of fused-ring (bicyclic) bond motifs is 2. The molecule has 2 heterocycles. The molecule has 4 aromatic rings. The molecule has 2 N–H and O–H groups in total. The molecular formula is C17H11N5O5S. The van der Waals surface area contributed by atoms with Crippen molar-refractivity contribution in [2.75, 3.05) is 5.75 Å². The zero-order valence-corrected chi connectivity index (χ0v) is 14.8. The fourth-order valence-electron chi connectivity index (χ4n) is 2.54. The molecule has 4 rings (SSSR count). The Hall–Kier alpha value is -3.73. The monoisotopic (exact) mass is 397 g/mol. The van der Waals surface area contributed by atoms with Gasteiger partial charge in [-0.2, -0.15) is 0 Å². The molecule has 0 saturated heterocycles. The number of carbonyl (C=O) groups excluding carboxylic acids is 1. The van der Waals surface area contributed by atoms with Gasteiger partial charge in [-0.1, -0.05) is 23.9 Å². The molecule has 2 aromatic carbocycles. The number of oxazole rings is 1. The number of benzene rings is 2. The summed E-state index contributed by atoms with van der Waals surface area (Å²) in [6.45, 7) is 0. The summed E-state index contributed by atoms with van der Waals surface area (Å²) < 4.78 is 5.50. The first kappa shape index (κ1) is 17.7. The van der Waals surface area contributed by atoms with Gasteiger partial charge in [-0.25, -0.2) is 4.98 Å². The van der Waals surface area contributed by atoms with Gasteiger partial charge in [0.25, 0.3) is 16.8 Å². The lowest BCUT2D eigenvalue weighted by Gasteiger charge is -1.94. The molecule has 0 aliphatic heterocycles. The number of aromatic nitrogens is 2. The van der Waals surface area contributed by atoms with Gasteiger partial charge in [0.05, 0.1) is 16.2 Å². The van der Waals surface area contributed by atoms with Gasteiger partial charge in [-0.05, 0) is 18.2 Å². The van der Waals surface area contributed by atoms with Crippen LogP contribution in [0.15, 0.2) is 62.3 Å². The smallest absolute Gasteiger partial charge is 0.275 e. The third-order valence-electron chi connectivity index (χ3n) is 3.80. The van der Waals surface area contributed by atoms with E-state index in [0.29, 0.717) is 21.8 Å². The Morgan fingerprint density at radius 2 is 2.14 bits per heavy atom. The Bertz CT molecular complexity index is 1210. The second-order valence-electron chi connectivity index (χ2n) is 5.64. The second kappa shape index (κ2) is 7.12. The van der Waals surface area contributed by atoms with E-state index in [9.17, 15) is 20.0 Å². The average Bonchev–Trinajstić information content (AvgIpc) is 3.23. The molecule has 0 unspecified atom stereocenters. The van der Waals surface area contributed by atoms with E-state index >= 15 is 0 Å². The summed E-state index contributed by atoms with van der Waals surface area (Å²) in [4.78, 5) is 29.2. The largest absolute Gasteiger partial charge is 0.493 e. The molecule has 2 aromatic heterocycles. The Labute approximate surface area is 160 Å². The number of nitro groups is 1. The summed E-state index contributed by atoms with van der Waals surface area (Å²) in [5, 5.41) is 28.8. The Kier molecular flexibility index (Phi) is 4.49. The van der Waals surface area contributed by atoms with E-state index in [-0.39, 0.29) is 28.4 Å². The third kappa shape index (κ3) is 3.42. The highest BCUT2D eigenvalue weighted by Crippen LogP contribution is 2.37. The summed E-state index contributed by atoms with van der Waals surface area (Å²) in [5.74, 6) is -0.982. The van der Waals surface area contributed by atoms with E-state index in [1.54, 1.807) is 12.1 Å². The van der Waals surface area contributed by atoms with E-state index in [1.165, 1.54) is 18.2 Å². The molecule has 28 heavy (non-hydrogen) atoms. The number of para-hydroxylation sites is 2. The van der Waals surface area contributed by atoms with E-state index in [0.717, 1.165) is 11.8 Å². The van der Waals surface area contributed by atoms with Crippen molar-refractivity contribution in [1.82, 2.24) is 9.97 Å². The summed E-state index contributed by atoms with van der Waals surface area (Å²) in [6, 6.07) is 11.2. The van der Waals surface area contributed by atoms with Crippen LogP contribution in [-0.2, 0) is 4.79 Å². The number of nitrogens with zero attached hydrogens (tertiary/aromatic N) is 4. The molecule has 0 saturated carbocycles. The van der Waals surface area contributed by atoms with Crippen molar-refractivity contribution in [3.63, 3.8) is 0 Å². The number of hydrogen-bond acceptors (Lipinski definition) is 8. The maximum atomic E-state index is 12.0. The van der Waals surface area contributed by atoms with Gasteiger partial charge in [0, 0.05) is 17.5 Å². The number of thioether (sulfide) groups is 1. The van der Waals surface area contributed by atoms with Gasteiger partial charge >= 0.3 is 0 Å². The summed E-state index contributed by atoms with van der Waals surface area (Å²) in [5.41, 5.74) is 1.53. The number of carbonyl (C=O) groups is 1. The SMILES string of the molecule is O=C(CSc1nc2ccccc2o1)N=Nc1c(O)[nH]c2ccc([N+](=O)[O-])cc12. The molecule has 10 nitrogen and oxygen atoms in total. The Morgan fingerprint density at radius 1 is 1.32 bits per heavy atom. The van der Waals surface area contributed by atoms with Crippen LogP contribution in [0.4, 0.5) is 11.4 Å². The van der Waals surface area contributed by atoms with Crippen molar-refractivity contribution < 1.29 is 19.2 Å². The lowest BCUT2D eigenvalue weighted by molar-refractivity contribution is -0.384. The van der Waals surface area contributed by atoms with E-state index in [1.807, 2.05) is 12.1 Å². The molecular weight excluding hydrogens is 386 g/mol. The predicted molar refractivity (Wildman–Crippen MR) is 101 cm³/mol. The minimum Gasteiger partial charge on any atom is -0.493 e. The number of H-pyrrole nitrogens is 1. The quantitative estimate of drug-likeness (QED) is 0.220. The van der Waals surface area contributed by atoms with Crippen molar-refractivity contribution in [2.45, 2.75) is 5.22 Å². The fourth-order valence-corrected chi connectivity index (χ4v) is 3.15. The van der Waals surface area contributed by atoms with Crippen molar-refractivity contribution in [1.29, 1.82) is 0 Å². The normalized spacial score (nSPS) is 11.6. The van der Waals surface area contributed by atoms with Crippen molar-refractivity contribution >= 4 is 51.0 Å². The fraction of sp³-hybridized carbons (Fsp3) is 0.0588. The lowest BCUT2D eigenvalue weighted by atomic mass is 10.2. The molecule has 0 fully saturated rings. The Balaban J connectivity index is 1.50. The van der Waals surface area contributed by atoms with Crippen molar-refractivity contribution in [3.05, 3.63) is 52.6 Å². The van der Waals surface area contributed by atoms with E-state index in [2.05, 4.69) is 20.2 Å². The van der Waals surface area contributed by atoms with Crippen LogP contribution in [0.1, 0.15) is 0 Å². The van der Waals surface area contributed by atoms with Crippen LogP contribution in [0, 0.1) is 10.1 Å². The molecule has 0 aliphatic rings. The van der Waals surface area contributed by atoms with E-state index < -0.39 is 10.8 Å². The maximum absolute atomic E-state index is 12.0. The van der Waals surface area contributed by atoms with Gasteiger partial charge in [-0.15, -0.1) is 10.2 Å². The van der Waals surface area contributed by atoms with Crippen LogP contribution in [0.2, 0.25) is 0 Å². The molecule has 140 valence electrons.